The number of rotatable bonds is 6. The summed E-state index contributed by atoms with van der Waals surface area (Å²) in [7, 11) is 2.91. The highest BCUT2D eigenvalue weighted by molar-refractivity contribution is 5.97. The molecule has 1 N–H and O–H groups in total. The second-order valence-electron chi connectivity index (χ2n) is 10.1. The summed E-state index contributed by atoms with van der Waals surface area (Å²) < 4.78 is 16.1. The second kappa shape index (κ2) is 10.2. The van der Waals surface area contributed by atoms with Gasteiger partial charge in [-0.2, -0.15) is 0 Å². The SMILES string of the molecule is COC(=O)[C@H](CC(C)C)NC(=O)N1CCC2(CCN(C(=O)c3cc4cccc(OC)c4o3)CC2)C1. The molecular formula is C26H35N3O6. The van der Waals surface area contributed by atoms with Crippen LogP contribution in [-0.4, -0.2) is 74.1 Å². The summed E-state index contributed by atoms with van der Waals surface area (Å²) in [5.41, 5.74) is 0.566. The van der Waals surface area contributed by atoms with Crippen molar-refractivity contribution >= 4 is 28.9 Å². The summed E-state index contributed by atoms with van der Waals surface area (Å²) in [5, 5.41) is 3.69. The summed E-state index contributed by atoms with van der Waals surface area (Å²) in [4.78, 5) is 41.7. The molecule has 2 fully saturated rings. The lowest BCUT2D eigenvalue weighted by molar-refractivity contribution is -0.143. The smallest absolute Gasteiger partial charge is 0.328 e. The molecular weight excluding hydrogens is 450 g/mol. The minimum absolute atomic E-state index is 0.00989. The Morgan fingerprint density at radius 2 is 1.77 bits per heavy atom. The lowest BCUT2D eigenvalue weighted by Gasteiger charge is -2.39. The first-order valence-electron chi connectivity index (χ1n) is 12.2. The average molecular weight is 486 g/mol. The Balaban J connectivity index is 1.35. The quantitative estimate of drug-likeness (QED) is 0.627. The lowest BCUT2D eigenvalue weighted by Crippen LogP contribution is -2.49. The number of fused-ring (bicyclic) bond motifs is 1. The van der Waals surface area contributed by atoms with Gasteiger partial charge in [-0.3, -0.25) is 4.79 Å². The minimum atomic E-state index is -0.647. The molecule has 0 saturated carbocycles. The lowest BCUT2D eigenvalue weighted by atomic mass is 9.78. The molecule has 3 amide bonds. The number of urea groups is 1. The first kappa shape index (κ1) is 24.9. The van der Waals surface area contributed by atoms with Gasteiger partial charge in [0.05, 0.1) is 14.2 Å². The van der Waals surface area contributed by atoms with Crippen LogP contribution in [0.25, 0.3) is 11.0 Å². The van der Waals surface area contributed by atoms with E-state index < -0.39 is 12.0 Å². The van der Waals surface area contributed by atoms with Gasteiger partial charge in [-0.1, -0.05) is 26.0 Å². The number of para-hydroxylation sites is 1. The zero-order chi connectivity index (χ0) is 25.2. The summed E-state index contributed by atoms with van der Waals surface area (Å²) in [6.07, 6.45) is 3.05. The molecule has 190 valence electrons. The molecule has 4 rings (SSSR count). The molecule has 2 aliphatic heterocycles. The minimum Gasteiger partial charge on any atom is -0.493 e. The Kier molecular flexibility index (Phi) is 7.23. The van der Waals surface area contributed by atoms with Crippen molar-refractivity contribution in [3.05, 3.63) is 30.0 Å². The molecule has 0 bridgehead atoms. The average Bonchev–Trinajstić information content (AvgIpc) is 3.47. The fraction of sp³-hybridized carbons (Fsp3) is 0.577. The van der Waals surface area contributed by atoms with Crippen molar-refractivity contribution in [2.45, 2.75) is 45.6 Å². The Hall–Kier alpha value is -3.23. The Morgan fingerprint density at radius 1 is 1.09 bits per heavy atom. The highest BCUT2D eigenvalue weighted by Crippen LogP contribution is 2.41. The maximum atomic E-state index is 13.1. The van der Waals surface area contributed by atoms with Crippen LogP contribution in [0.5, 0.6) is 5.75 Å². The van der Waals surface area contributed by atoms with Crippen LogP contribution in [0.3, 0.4) is 0 Å². The molecule has 1 aromatic heterocycles. The van der Waals surface area contributed by atoms with E-state index in [1.54, 1.807) is 18.1 Å². The number of ether oxygens (including phenoxy) is 2. The molecule has 1 atom stereocenters. The normalized spacial score (nSPS) is 18.2. The number of benzene rings is 1. The van der Waals surface area contributed by atoms with Crippen molar-refractivity contribution in [1.29, 1.82) is 0 Å². The Bertz CT molecular complexity index is 1090. The third-order valence-electron chi connectivity index (χ3n) is 7.27. The van der Waals surface area contributed by atoms with E-state index >= 15 is 0 Å². The van der Waals surface area contributed by atoms with Crippen LogP contribution in [0, 0.1) is 11.3 Å². The maximum Gasteiger partial charge on any atom is 0.328 e. The number of hydrogen-bond donors (Lipinski definition) is 1. The second-order valence-corrected chi connectivity index (χ2v) is 10.1. The van der Waals surface area contributed by atoms with Gasteiger partial charge in [-0.25, -0.2) is 9.59 Å². The first-order valence-corrected chi connectivity index (χ1v) is 12.2. The van der Waals surface area contributed by atoms with Crippen LogP contribution >= 0.6 is 0 Å². The van der Waals surface area contributed by atoms with Crippen LogP contribution in [0.15, 0.2) is 28.7 Å². The number of likely N-dealkylation sites (tertiary alicyclic amines) is 2. The summed E-state index contributed by atoms with van der Waals surface area (Å²) in [6, 6.07) is 6.46. The van der Waals surface area contributed by atoms with E-state index in [1.165, 1.54) is 7.11 Å². The summed E-state index contributed by atoms with van der Waals surface area (Å²) in [6.45, 7) is 6.49. The zero-order valence-electron chi connectivity index (χ0n) is 21.0. The number of hydrogen-bond acceptors (Lipinski definition) is 6. The molecule has 35 heavy (non-hydrogen) atoms. The summed E-state index contributed by atoms with van der Waals surface area (Å²) >= 11 is 0. The number of methoxy groups -OCH3 is 2. The van der Waals surface area contributed by atoms with Gasteiger partial charge >= 0.3 is 12.0 Å². The fourth-order valence-electron chi connectivity index (χ4n) is 5.23. The van der Waals surface area contributed by atoms with E-state index in [9.17, 15) is 14.4 Å². The molecule has 0 radical (unpaired) electrons. The van der Waals surface area contributed by atoms with Crippen molar-refractivity contribution in [2.75, 3.05) is 40.4 Å². The highest BCUT2D eigenvalue weighted by atomic mass is 16.5. The molecule has 0 aliphatic carbocycles. The number of nitrogens with one attached hydrogen (secondary N) is 1. The Morgan fingerprint density at radius 3 is 2.40 bits per heavy atom. The van der Waals surface area contributed by atoms with Crippen molar-refractivity contribution in [2.24, 2.45) is 11.3 Å². The number of furan rings is 1. The molecule has 1 aromatic carbocycles. The van der Waals surface area contributed by atoms with E-state index in [0.29, 0.717) is 49.7 Å². The van der Waals surface area contributed by atoms with Crippen LogP contribution in [-0.2, 0) is 9.53 Å². The molecule has 0 unspecified atom stereocenters. The third-order valence-corrected chi connectivity index (χ3v) is 7.27. The van der Waals surface area contributed by atoms with Gasteiger partial charge in [0.25, 0.3) is 5.91 Å². The van der Waals surface area contributed by atoms with Gasteiger partial charge in [0, 0.05) is 31.6 Å². The largest absolute Gasteiger partial charge is 0.493 e. The number of nitrogens with zero attached hydrogens (tertiary/aromatic N) is 2. The van der Waals surface area contributed by atoms with E-state index in [2.05, 4.69) is 5.32 Å². The van der Waals surface area contributed by atoms with E-state index in [4.69, 9.17) is 13.9 Å². The van der Waals surface area contributed by atoms with Crippen molar-refractivity contribution in [3.8, 4) is 5.75 Å². The summed E-state index contributed by atoms with van der Waals surface area (Å²) in [5.74, 6) is 0.619. The first-order chi connectivity index (χ1) is 16.7. The van der Waals surface area contributed by atoms with Crippen LogP contribution < -0.4 is 10.1 Å². The van der Waals surface area contributed by atoms with Gasteiger partial charge in [-0.15, -0.1) is 0 Å². The van der Waals surface area contributed by atoms with Gasteiger partial charge < -0.3 is 29.0 Å². The zero-order valence-corrected chi connectivity index (χ0v) is 21.0. The van der Waals surface area contributed by atoms with Crippen LogP contribution in [0.1, 0.15) is 50.1 Å². The predicted molar refractivity (Wildman–Crippen MR) is 130 cm³/mol. The molecule has 2 aromatic rings. The van der Waals surface area contributed by atoms with E-state index in [1.807, 2.05) is 36.9 Å². The number of amides is 3. The Labute approximate surface area is 205 Å². The molecule has 2 aliphatic rings. The van der Waals surface area contributed by atoms with E-state index in [0.717, 1.165) is 24.6 Å². The van der Waals surface area contributed by atoms with Gasteiger partial charge in [0.15, 0.2) is 17.1 Å². The van der Waals surface area contributed by atoms with Crippen LogP contribution in [0.4, 0.5) is 4.79 Å². The molecule has 1 spiro atoms. The van der Waals surface area contributed by atoms with Gasteiger partial charge in [-0.05, 0) is 49.1 Å². The molecule has 2 saturated heterocycles. The predicted octanol–water partition coefficient (Wildman–Crippen LogP) is 3.67. The van der Waals surface area contributed by atoms with Crippen molar-refractivity contribution in [3.63, 3.8) is 0 Å². The maximum absolute atomic E-state index is 13.1. The highest BCUT2D eigenvalue weighted by Gasteiger charge is 2.43. The monoisotopic (exact) mass is 485 g/mol. The third kappa shape index (κ3) is 5.23. The van der Waals surface area contributed by atoms with Gasteiger partial charge in [0.2, 0.25) is 0 Å². The molecule has 9 nitrogen and oxygen atoms in total. The number of piperidine rings is 1. The molecule has 3 heterocycles. The topological polar surface area (TPSA) is 101 Å². The van der Waals surface area contributed by atoms with Crippen LogP contribution in [0.2, 0.25) is 0 Å². The number of carbonyl (C=O) groups excluding carboxylic acids is 3. The molecule has 9 heteroatoms. The standard InChI is InChI=1S/C26H35N3O6/c1-17(2)14-19(24(31)34-4)27-25(32)29-13-10-26(16-29)8-11-28(12-9-26)23(30)21-15-18-6-5-7-20(33-3)22(18)35-21/h5-7,15,17,19H,8-14,16H2,1-4H3,(H,27,32)/t19-/m0/s1. The fourth-order valence-corrected chi connectivity index (χ4v) is 5.23. The van der Waals surface area contributed by atoms with Crippen molar-refractivity contribution in [1.82, 2.24) is 15.1 Å². The number of esters is 1. The number of carbonyl (C=O) groups is 3. The van der Waals surface area contributed by atoms with Gasteiger partial charge in [0.1, 0.15) is 6.04 Å². The van der Waals surface area contributed by atoms with Crippen molar-refractivity contribution < 1.29 is 28.3 Å². The van der Waals surface area contributed by atoms with E-state index in [-0.39, 0.29) is 23.3 Å².